The van der Waals surface area contributed by atoms with E-state index in [9.17, 15) is 4.79 Å². The van der Waals surface area contributed by atoms with E-state index in [4.69, 9.17) is 5.11 Å². The van der Waals surface area contributed by atoms with Crippen molar-refractivity contribution in [1.29, 1.82) is 0 Å². The molecule has 0 radical (unpaired) electrons. The van der Waals surface area contributed by atoms with Gasteiger partial charge in [0.15, 0.2) is 0 Å². The molecule has 0 saturated carbocycles. The Labute approximate surface area is 113 Å². The van der Waals surface area contributed by atoms with Crippen LogP contribution in [0.3, 0.4) is 0 Å². The number of carboxylic acid groups (broad SMARTS) is 1. The summed E-state index contributed by atoms with van der Waals surface area (Å²) in [5.41, 5.74) is 1.42. The van der Waals surface area contributed by atoms with Gasteiger partial charge in [0, 0.05) is 6.54 Å². The van der Waals surface area contributed by atoms with E-state index < -0.39 is 11.5 Å². The van der Waals surface area contributed by atoms with Gasteiger partial charge in [-0.3, -0.25) is 10.1 Å². The molecule has 2 N–H and O–H groups in total. The van der Waals surface area contributed by atoms with Crippen molar-refractivity contribution in [3.63, 3.8) is 0 Å². The number of rotatable bonds is 4. The SMILES string of the molecule is Cc1ccc2cc(CNC(C)(C)C(=O)O)ccc2c1. The van der Waals surface area contributed by atoms with Crippen LogP contribution >= 0.6 is 0 Å². The highest BCUT2D eigenvalue weighted by Crippen LogP contribution is 2.18. The molecule has 0 aromatic heterocycles. The first-order chi connectivity index (χ1) is 8.88. The van der Waals surface area contributed by atoms with E-state index in [1.807, 2.05) is 6.07 Å². The van der Waals surface area contributed by atoms with E-state index in [0.717, 1.165) is 5.56 Å². The van der Waals surface area contributed by atoms with Gasteiger partial charge >= 0.3 is 5.97 Å². The maximum absolute atomic E-state index is 11.0. The van der Waals surface area contributed by atoms with E-state index in [0.29, 0.717) is 6.54 Å². The van der Waals surface area contributed by atoms with Gasteiger partial charge in [0.25, 0.3) is 0 Å². The molecule has 19 heavy (non-hydrogen) atoms. The molecule has 0 amide bonds. The monoisotopic (exact) mass is 257 g/mol. The molecule has 2 rings (SSSR count). The highest BCUT2D eigenvalue weighted by atomic mass is 16.4. The average Bonchev–Trinajstić information content (AvgIpc) is 2.36. The normalized spacial score (nSPS) is 11.7. The summed E-state index contributed by atoms with van der Waals surface area (Å²) in [5, 5.41) is 14.5. The zero-order valence-electron chi connectivity index (χ0n) is 11.5. The second-order valence-corrected chi connectivity index (χ2v) is 5.47. The Kier molecular flexibility index (Phi) is 3.58. The Hall–Kier alpha value is -1.87. The van der Waals surface area contributed by atoms with Crippen LogP contribution in [0.1, 0.15) is 25.0 Å². The first kappa shape index (κ1) is 13.6. The fourth-order valence-corrected chi connectivity index (χ4v) is 1.92. The van der Waals surface area contributed by atoms with Gasteiger partial charge in [-0.25, -0.2) is 0 Å². The van der Waals surface area contributed by atoms with Gasteiger partial charge in [-0.05, 0) is 43.2 Å². The van der Waals surface area contributed by atoms with Crippen molar-refractivity contribution in [3.05, 3.63) is 47.5 Å². The molecule has 0 bridgehead atoms. The van der Waals surface area contributed by atoms with Gasteiger partial charge in [0.05, 0.1) is 0 Å². The van der Waals surface area contributed by atoms with Crippen LogP contribution < -0.4 is 5.32 Å². The fourth-order valence-electron chi connectivity index (χ4n) is 1.92. The molecule has 0 spiro atoms. The number of nitrogens with one attached hydrogen (secondary N) is 1. The summed E-state index contributed by atoms with van der Waals surface area (Å²) < 4.78 is 0. The number of carboxylic acids is 1. The minimum atomic E-state index is -0.914. The lowest BCUT2D eigenvalue weighted by Gasteiger charge is -2.21. The molecule has 2 aromatic carbocycles. The fraction of sp³-hybridized carbons (Fsp3) is 0.312. The van der Waals surface area contributed by atoms with Crippen molar-refractivity contribution in [2.45, 2.75) is 32.9 Å². The van der Waals surface area contributed by atoms with Crippen LogP contribution in [0, 0.1) is 6.92 Å². The van der Waals surface area contributed by atoms with Crippen LogP contribution in [-0.4, -0.2) is 16.6 Å². The molecule has 3 nitrogen and oxygen atoms in total. The molecule has 2 aromatic rings. The van der Waals surface area contributed by atoms with Crippen LogP contribution in [0.5, 0.6) is 0 Å². The Balaban J connectivity index is 2.18. The Morgan fingerprint density at radius 2 is 1.79 bits per heavy atom. The summed E-state index contributed by atoms with van der Waals surface area (Å²) in [7, 11) is 0. The first-order valence-corrected chi connectivity index (χ1v) is 6.36. The molecule has 0 fully saturated rings. The molecular weight excluding hydrogens is 238 g/mol. The molecule has 0 aliphatic heterocycles. The second-order valence-electron chi connectivity index (χ2n) is 5.47. The number of aryl methyl sites for hydroxylation is 1. The Morgan fingerprint density at radius 3 is 2.47 bits per heavy atom. The van der Waals surface area contributed by atoms with Gasteiger partial charge in [0.1, 0.15) is 5.54 Å². The summed E-state index contributed by atoms with van der Waals surface area (Å²) in [6.07, 6.45) is 0. The zero-order valence-corrected chi connectivity index (χ0v) is 11.5. The first-order valence-electron chi connectivity index (χ1n) is 6.36. The highest BCUT2D eigenvalue weighted by Gasteiger charge is 2.25. The average molecular weight is 257 g/mol. The van der Waals surface area contributed by atoms with Crippen molar-refractivity contribution < 1.29 is 9.90 Å². The molecule has 0 unspecified atom stereocenters. The van der Waals surface area contributed by atoms with Crippen molar-refractivity contribution in [2.75, 3.05) is 0 Å². The van der Waals surface area contributed by atoms with Crippen LogP contribution in [0.25, 0.3) is 10.8 Å². The third-order valence-electron chi connectivity index (χ3n) is 3.33. The third kappa shape index (κ3) is 3.12. The van der Waals surface area contributed by atoms with Gasteiger partial charge < -0.3 is 5.11 Å². The van der Waals surface area contributed by atoms with Crippen LogP contribution in [0.2, 0.25) is 0 Å². The maximum atomic E-state index is 11.0. The van der Waals surface area contributed by atoms with Crippen LogP contribution in [0.4, 0.5) is 0 Å². The van der Waals surface area contributed by atoms with Gasteiger partial charge in [-0.1, -0.05) is 35.9 Å². The second kappa shape index (κ2) is 5.02. The van der Waals surface area contributed by atoms with E-state index in [1.54, 1.807) is 13.8 Å². The zero-order chi connectivity index (χ0) is 14.0. The largest absolute Gasteiger partial charge is 0.480 e. The lowest BCUT2D eigenvalue weighted by atomic mass is 10.0. The van der Waals surface area contributed by atoms with Gasteiger partial charge in [-0.2, -0.15) is 0 Å². The smallest absolute Gasteiger partial charge is 0.323 e. The summed E-state index contributed by atoms with van der Waals surface area (Å²) >= 11 is 0. The van der Waals surface area contributed by atoms with E-state index in [2.05, 4.69) is 42.6 Å². The lowest BCUT2D eigenvalue weighted by molar-refractivity contribution is -0.143. The Bertz CT molecular complexity index is 617. The summed E-state index contributed by atoms with van der Waals surface area (Å²) in [6, 6.07) is 12.5. The number of carbonyl (C=O) groups is 1. The van der Waals surface area contributed by atoms with Gasteiger partial charge in [-0.15, -0.1) is 0 Å². The topological polar surface area (TPSA) is 49.3 Å². The third-order valence-corrected chi connectivity index (χ3v) is 3.33. The van der Waals surface area contributed by atoms with Crippen molar-refractivity contribution in [1.82, 2.24) is 5.32 Å². The molecule has 0 aliphatic rings. The number of aliphatic carboxylic acids is 1. The van der Waals surface area contributed by atoms with Crippen LogP contribution in [-0.2, 0) is 11.3 Å². The standard InChI is InChI=1S/C16H19NO2/c1-11-4-6-14-9-12(5-7-13(14)8-11)10-17-16(2,3)15(18)19/h4-9,17H,10H2,1-3H3,(H,18,19). The van der Waals surface area contributed by atoms with Crippen molar-refractivity contribution >= 4 is 16.7 Å². The van der Waals surface area contributed by atoms with Crippen molar-refractivity contribution in [2.24, 2.45) is 0 Å². The van der Waals surface area contributed by atoms with E-state index in [-0.39, 0.29) is 0 Å². The number of hydrogen-bond acceptors (Lipinski definition) is 2. The minimum Gasteiger partial charge on any atom is -0.480 e. The van der Waals surface area contributed by atoms with Gasteiger partial charge in [0.2, 0.25) is 0 Å². The molecule has 0 aliphatic carbocycles. The highest BCUT2D eigenvalue weighted by molar-refractivity contribution is 5.83. The molecule has 0 saturated heterocycles. The quantitative estimate of drug-likeness (QED) is 0.884. The summed E-state index contributed by atoms with van der Waals surface area (Å²) in [4.78, 5) is 11.0. The predicted octanol–water partition coefficient (Wildman–Crippen LogP) is 3.10. The molecule has 0 heterocycles. The number of hydrogen-bond donors (Lipinski definition) is 2. The van der Waals surface area contributed by atoms with E-state index in [1.165, 1.54) is 16.3 Å². The predicted molar refractivity (Wildman–Crippen MR) is 77.2 cm³/mol. The van der Waals surface area contributed by atoms with E-state index >= 15 is 0 Å². The molecule has 0 atom stereocenters. The Morgan fingerprint density at radius 1 is 1.16 bits per heavy atom. The van der Waals surface area contributed by atoms with Crippen molar-refractivity contribution in [3.8, 4) is 0 Å². The molecule has 100 valence electrons. The molecular formula is C16H19NO2. The summed E-state index contributed by atoms with van der Waals surface area (Å²) in [5.74, 6) is -0.844. The maximum Gasteiger partial charge on any atom is 0.323 e. The molecule has 3 heteroatoms. The summed E-state index contributed by atoms with van der Waals surface area (Å²) in [6.45, 7) is 5.95. The number of fused-ring (bicyclic) bond motifs is 1. The lowest BCUT2D eigenvalue weighted by Crippen LogP contribution is -2.46. The minimum absolute atomic E-state index is 0.545. The van der Waals surface area contributed by atoms with Crippen LogP contribution in [0.15, 0.2) is 36.4 Å². The number of benzene rings is 2.